The largest absolute Gasteiger partial charge is 0.481 e. The Labute approximate surface area is 230 Å². The van der Waals surface area contributed by atoms with Gasteiger partial charge < -0.3 is 14.9 Å². The van der Waals surface area contributed by atoms with Gasteiger partial charge in [0.15, 0.2) is 0 Å². The predicted molar refractivity (Wildman–Crippen MR) is 153 cm³/mol. The van der Waals surface area contributed by atoms with Gasteiger partial charge in [0.1, 0.15) is 5.52 Å². The Morgan fingerprint density at radius 1 is 1.00 bits per heavy atom. The topological polar surface area (TPSA) is 97.5 Å². The third-order valence-electron chi connectivity index (χ3n) is 8.38. The van der Waals surface area contributed by atoms with Crippen LogP contribution in [0.15, 0.2) is 60.7 Å². The van der Waals surface area contributed by atoms with Gasteiger partial charge in [-0.1, -0.05) is 66.7 Å². The van der Waals surface area contributed by atoms with E-state index in [0.29, 0.717) is 13.2 Å². The fourth-order valence-electron chi connectivity index (χ4n) is 5.32. The Kier molecular flexibility index (Phi) is 8.52. The van der Waals surface area contributed by atoms with E-state index in [1.54, 1.807) is 13.8 Å². The summed E-state index contributed by atoms with van der Waals surface area (Å²) in [4.78, 5) is 12.6. The molecule has 0 aliphatic rings. The highest BCUT2D eigenvalue weighted by Crippen LogP contribution is 2.49. The van der Waals surface area contributed by atoms with Crippen molar-refractivity contribution in [2.75, 3.05) is 6.61 Å². The minimum atomic E-state index is -1.15. The number of nitrogens with zero attached hydrogens (tertiary/aromatic N) is 3. The first-order chi connectivity index (χ1) is 18.6. The van der Waals surface area contributed by atoms with Crippen molar-refractivity contribution in [1.82, 2.24) is 15.0 Å². The fourth-order valence-corrected chi connectivity index (χ4v) is 5.32. The van der Waals surface area contributed by atoms with Gasteiger partial charge in [0.25, 0.3) is 0 Å². The van der Waals surface area contributed by atoms with E-state index in [1.165, 1.54) is 5.56 Å². The molecule has 0 spiro atoms. The minimum Gasteiger partial charge on any atom is -0.481 e. The van der Waals surface area contributed by atoms with Crippen molar-refractivity contribution >= 4 is 17.0 Å². The standard InChI is InChI=1S/C32H39N3O4/c1-22-13-14-26(19-25(22)20-36)32(5,31(3,4)30(37)38)27-15-16-28-29(23(27)2)33-34-35(28)17-9-10-18-39-21-24-11-7-6-8-12-24/h6-8,11-16,19,36H,9-10,17-18,20-21H2,1-5H3,(H,37,38). The molecule has 0 saturated heterocycles. The van der Waals surface area contributed by atoms with Gasteiger partial charge >= 0.3 is 5.97 Å². The average Bonchev–Trinajstić information content (AvgIpc) is 3.35. The van der Waals surface area contributed by atoms with Gasteiger partial charge in [-0.2, -0.15) is 0 Å². The summed E-state index contributed by atoms with van der Waals surface area (Å²) >= 11 is 0. The molecule has 1 unspecified atom stereocenters. The van der Waals surface area contributed by atoms with Crippen molar-refractivity contribution < 1.29 is 19.7 Å². The maximum absolute atomic E-state index is 12.6. The lowest BCUT2D eigenvalue weighted by Crippen LogP contribution is -2.46. The molecular formula is C32H39N3O4. The third-order valence-corrected chi connectivity index (χ3v) is 8.38. The summed E-state index contributed by atoms with van der Waals surface area (Å²) in [6.07, 6.45) is 1.82. The van der Waals surface area contributed by atoms with E-state index in [4.69, 9.17) is 4.74 Å². The Morgan fingerprint density at radius 3 is 2.44 bits per heavy atom. The second-order valence-electron chi connectivity index (χ2n) is 11.0. The Hall–Kier alpha value is -3.55. The quantitative estimate of drug-likeness (QED) is 0.220. The van der Waals surface area contributed by atoms with E-state index in [2.05, 4.69) is 22.4 Å². The van der Waals surface area contributed by atoms with Crippen LogP contribution in [0.4, 0.5) is 0 Å². The summed E-state index contributed by atoms with van der Waals surface area (Å²) in [5, 5.41) is 29.2. The van der Waals surface area contributed by atoms with Gasteiger partial charge in [-0.3, -0.25) is 4.79 Å². The number of hydrogen-bond acceptors (Lipinski definition) is 5. The van der Waals surface area contributed by atoms with Crippen LogP contribution in [0.1, 0.15) is 67.0 Å². The highest BCUT2D eigenvalue weighted by atomic mass is 16.5. The molecule has 0 radical (unpaired) electrons. The Morgan fingerprint density at radius 2 is 1.74 bits per heavy atom. The van der Waals surface area contributed by atoms with Crippen molar-refractivity contribution in [1.29, 1.82) is 0 Å². The summed E-state index contributed by atoms with van der Waals surface area (Å²) in [5.41, 5.74) is 5.22. The van der Waals surface area contributed by atoms with E-state index < -0.39 is 16.8 Å². The molecule has 4 rings (SSSR count). The SMILES string of the molecule is Cc1ccc(C(C)(c2ccc3c(nnn3CCCCOCc3ccccc3)c2C)C(C)(C)C(=O)O)cc1CO. The number of carboxylic acid groups (broad SMARTS) is 1. The summed E-state index contributed by atoms with van der Waals surface area (Å²) in [5.74, 6) is -0.895. The van der Waals surface area contributed by atoms with Crippen LogP contribution >= 0.6 is 0 Å². The van der Waals surface area contributed by atoms with Gasteiger partial charge in [-0.25, -0.2) is 4.68 Å². The molecule has 39 heavy (non-hydrogen) atoms. The molecule has 0 fully saturated rings. The Balaban J connectivity index is 1.58. The number of rotatable bonds is 12. The van der Waals surface area contributed by atoms with Crippen LogP contribution < -0.4 is 0 Å². The van der Waals surface area contributed by atoms with E-state index in [1.807, 2.05) is 74.0 Å². The lowest BCUT2D eigenvalue weighted by Gasteiger charge is -2.43. The number of carboxylic acids is 1. The van der Waals surface area contributed by atoms with Crippen LogP contribution in [0, 0.1) is 19.3 Å². The maximum atomic E-state index is 12.6. The molecular weight excluding hydrogens is 490 g/mol. The highest BCUT2D eigenvalue weighted by molar-refractivity contribution is 5.83. The van der Waals surface area contributed by atoms with Crippen molar-refractivity contribution in [3.63, 3.8) is 0 Å². The minimum absolute atomic E-state index is 0.104. The predicted octanol–water partition coefficient (Wildman–Crippen LogP) is 5.95. The molecule has 3 aromatic carbocycles. The van der Waals surface area contributed by atoms with Crippen molar-refractivity contribution in [2.45, 2.75) is 72.6 Å². The van der Waals surface area contributed by atoms with Gasteiger partial charge in [0, 0.05) is 18.6 Å². The van der Waals surface area contributed by atoms with Crippen molar-refractivity contribution in [2.24, 2.45) is 5.41 Å². The van der Waals surface area contributed by atoms with Gasteiger partial charge in [-0.05, 0) is 80.0 Å². The molecule has 1 heterocycles. The molecule has 0 bridgehead atoms. The van der Waals surface area contributed by atoms with Crippen LogP contribution in [0.2, 0.25) is 0 Å². The monoisotopic (exact) mass is 529 g/mol. The van der Waals surface area contributed by atoms with Crippen LogP contribution in [0.25, 0.3) is 11.0 Å². The number of benzene rings is 3. The zero-order valence-electron chi connectivity index (χ0n) is 23.6. The van der Waals surface area contributed by atoms with E-state index in [0.717, 1.165) is 58.2 Å². The number of aliphatic hydroxyl groups excluding tert-OH is 1. The number of aromatic nitrogens is 3. The summed E-state index contributed by atoms with van der Waals surface area (Å²) < 4.78 is 7.72. The number of fused-ring (bicyclic) bond motifs is 1. The van der Waals surface area contributed by atoms with E-state index in [9.17, 15) is 15.0 Å². The third kappa shape index (κ3) is 5.47. The molecule has 4 aromatic rings. The summed E-state index contributed by atoms with van der Waals surface area (Å²) in [6.45, 7) is 11.3. The second-order valence-corrected chi connectivity index (χ2v) is 11.0. The van der Waals surface area contributed by atoms with Crippen LogP contribution in [0.5, 0.6) is 0 Å². The molecule has 0 saturated carbocycles. The fraction of sp³-hybridized carbons (Fsp3) is 0.406. The lowest BCUT2D eigenvalue weighted by atomic mass is 9.58. The second kappa shape index (κ2) is 11.7. The molecule has 0 amide bonds. The average molecular weight is 530 g/mol. The zero-order valence-corrected chi connectivity index (χ0v) is 23.6. The first kappa shape index (κ1) is 28.5. The van der Waals surface area contributed by atoms with Crippen LogP contribution in [-0.4, -0.2) is 37.8 Å². The number of carbonyl (C=O) groups is 1. The maximum Gasteiger partial charge on any atom is 0.310 e. The van der Waals surface area contributed by atoms with Gasteiger partial charge in [0.05, 0.1) is 24.1 Å². The molecule has 0 aliphatic heterocycles. The number of unbranched alkanes of at least 4 members (excludes halogenated alkanes) is 1. The summed E-state index contributed by atoms with van der Waals surface area (Å²) in [6, 6.07) is 20.0. The number of aryl methyl sites for hydroxylation is 3. The molecule has 206 valence electrons. The molecule has 7 nitrogen and oxygen atoms in total. The molecule has 1 aromatic heterocycles. The van der Waals surface area contributed by atoms with Crippen molar-refractivity contribution in [3.05, 3.63) is 94.0 Å². The van der Waals surface area contributed by atoms with Gasteiger partial charge in [0.2, 0.25) is 0 Å². The number of aliphatic hydroxyl groups is 1. The number of aliphatic carboxylic acids is 1. The normalized spacial score (nSPS) is 13.5. The van der Waals surface area contributed by atoms with Crippen LogP contribution in [-0.2, 0) is 34.7 Å². The van der Waals surface area contributed by atoms with Gasteiger partial charge in [-0.15, -0.1) is 5.10 Å². The first-order valence-electron chi connectivity index (χ1n) is 13.5. The molecule has 7 heteroatoms. The van der Waals surface area contributed by atoms with Crippen molar-refractivity contribution in [3.8, 4) is 0 Å². The number of ether oxygens (including phenoxy) is 1. The van der Waals surface area contributed by atoms with E-state index >= 15 is 0 Å². The first-order valence-corrected chi connectivity index (χ1v) is 13.5. The van der Waals surface area contributed by atoms with Crippen LogP contribution in [0.3, 0.4) is 0 Å². The molecule has 0 aliphatic carbocycles. The highest BCUT2D eigenvalue weighted by Gasteiger charge is 2.50. The summed E-state index contributed by atoms with van der Waals surface area (Å²) in [7, 11) is 0. The Bertz CT molecular complexity index is 1440. The molecule has 1 atom stereocenters. The van der Waals surface area contributed by atoms with E-state index in [-0.39, 0.29) is 6.61 Å². The lowest BCUT2D eigenvalue weighted by molar-refractivity contribution is -0.150. The molecule has 2 N–H and O–H groups in total. The number of hydrogen-bond donors (Lipinski definition) is 2. The smallest absolute Gasteiger partial charge is 0.310 e. The zero-order chi connectivity index (χ0) is 28.2.